The van der Waals surface area contributed by atoms with Crippen LogP contribution in [0.5, 0.6) is 0 Å². The Morgan fingerprint density at radius 1 is 1.06 bits per heavy atom. The van der Waals surface area contributed by atoms with Crippen LogP contribution in [0.1, 0.15) is 74.7 Å². The molecule has 4 rings (SSSR count). The third-order valence-corrected chi connectivity index (χ3v) is 5.24. The van der Waals surface area contributed by atoms with Crippen molar-refractivity contribution in [3.8, 4) is 6.07 Å². The molecule has 2 fully saturated rings. The summed E-state index contributed by atoms with van der Waals surface area (Å²) in [5.74, 6) is -0.421. The first-order chi connectivity index (χ1) is 15.1. The maximum Gasteiger partial charge on any atom is 0.255 e. The van der Waals surface area contributed by atoms with Gasteiger partial charge in [-0.25, -0.2) is 14.4 Å². The predicted molar refractivity (Wildman–Crippen MR) is 119 cm³/mol. The number of anilines is 3. The molecule has 2 aliphatic rings. The van der Waals surface area contributed by atoms with E-state index < -0.39 is 5.82 Å². The van der Waals surface area contributed by atoms with E-state index in [2.05, 4.69) is 25.9 Å². The van der Waals surface area contributed by atoms with Crippen molar-refractivity contribution in [2.75, 3.05) is 10.6 Å². The first-order valence-corrected chi connectivity index (χ1v) is 11.0. The van der Waals surface area contributed by atoms with E-state index in [1.807, 2.05) is 19.9 Å². The second-order valence-electron chi connectivity index (χ2n) is 7.63. The van der Waals surface area contributed by atoms with Crippen LogP contribution in [0.15, 0.2) is 24.5 Å². The van der Waals surface area contributed by atoms with Gasteiger partial charge in [0.25, 0.3) is 5.91 Å². The van der Waals surface area contributed by atoms with E-state index in [1.165, 1.54) is 18.8 Å². The molecule has 0 radical (unpaired) electrons. The highest BCUT2D eigenvalue weighted by Gasteiger charge is 2.25. The molecule has 8 heteroatoms. The molecule has 164 valence electrons. The van der Waals surface area contributed by atoms with Gasteiger partial charge in [0.2, 0.25) is 0 Å². The fraction of sp³-hybridized carbons (Fsp3) is 0.478. The highest BCUT2D eigenvalue weighted by molar-refractivity contribution is 6.00. The number of pyridine rings is 2. The molecule has 2 saturated carbocycles. The number of carbonyl (C=O) groups is 1. The Morgan fingerprint density at radius 2 is 1.81 bits per heavy atom. The first kappa shape index (κ1) is 22.5. The number of hydrogen-bond acceptors (Lipinski definition) is 6. The number of amides is 1. The van der Waals surface area contributed by atoms with Gasteiger partial charge >= 0.3 is 0 Å². The molecule has 0 bridgehead atoms. The van der Waals surface area contributed by atoms with Crippen LogP contribution in [0, 0.1) is 17.1 Å². The molecule has 2 aliphatic carbocycles. The second-order valence-corrected chi connectivity index (χ2v) is 7.63. The molecule has 0 aromatic carbocycles. The van der Waals surface area contributed by atoms with Gasteiger partial charge in [-0.3, -0.25) is 4.79 Å². The van der Waals surface area contributed by atoms with Crippen LogP contribution >= 0.6 is 0 Å². The van der Waals surface area contributed by atoms with Crippen molar-refractivity contribution >= 4 is 23.2 Å². The van der Waals surface area contributed by atoms with E-state index in [9.17, 15) is 9.18 Å². The van der Waals surface area contributed by atoms with E-state index in [0.717, 1.165) is 44.6 Å². The van der Waals surface area contributed by atoms with Crippen molar-refractivity contribution in [1.29, 1.82) is 5.26 Å². The minimum atomic E-state index is -0.637. The van der Waals surface area contributed by atoms with Gasteiger partial charge in [-0.05, 0) is 31.7 Å². The van der Waals surface area contributed by atoms with Crippen molar-refractivity contribution in [3.63, 3.8) is 0 Å². The number of halogens is 1. The molecule has 3 N–H and O–H groups in total. The molecule has 0 unspecified atom stereocenters. The van der Waals surface area contributed by atoms with Crippen molar-refractivity contribution < 1.29 is 9.18 Å². The number of rotatable bonds is 6. The Hall–Kier alpha value is -3.21. The lowest BCUT2D eigenvalue weighted by Gasteiger charge is -2.23. The molecule has 1 amide bonds. The van der Waals surface area contributed by atoms with Gasteiger partial charge in [-0.1, -0.05) is 33.1 Å². The summed E-state index contributed by atoms with van der Waals surface area (Å²) in [6.45, 7) is 4.00. The summed E-state index contributed by atoms with van der Waals surface area (Å²) in [5.41, 5.74) is 1.31. The average molecular weight is 425 g/mol. The van der Waals surface area contributed by atoms with Crippen molar-refractivity contribution in [1.82, 2.24) is 15.3 Å². The molecule has 2 heterocycles. The number of carbonyl (C=O) groups excluding carboxylic acids is 1. The maximum absolute atomic E-state index is 14.1. The largest absolute Gasteiger partial charge is 0.382 e. The molecule has 0 atom stereocenters. The minimum Gasteiger partial charge on any atom is -0.382 e. The second kappa shape index (κ2) is 10.7. The summed E-state index contributed by atoms with van der Waals surface area (Å²) in [6.07, 6.45) is 10.4. The van der Waals surface area contributed by atoms with E-state index >= 15 is 0 Å². The van der Waals surface area contributed by atoms with Crippen LogP contribution < -0.4 is 16.0 Å². The third-order valence-electron chi connectivity index (χ3n) is 5.24. The molecule has 0 saturated heterocycles. The van der Waals surface area contributed by atoms with Crippen molar-refractivity contribution in [2.45, 2.75) is 70.9 Å². The van der Waals surface area contributed by atoms with Crippen LogP contribution in [0.25, 0.3) is 0 Å². The van der Waals surface area contributed by atoms with Gasteiger partial charge < -0.3 is 16.0 Å². The lowest BCUT2D eigenvalue weighted by molar-refractivity contribution is 0.0928. The Bertz CT molecular complexity index is 948. The fourth-order valence-electron chi connectivity index (χ4n) is 3.49. The monoisotopic (exact) mass is 424 g/mol. The molecule has 2 aromatic rings. The van der Waals surface area contributed by atoms with Gasteiger partial charge in [-0.15, -0.1) is 0 Å². The standard InChI is InChI=1S/C21H23FN6O.C2H6/c22-17-8-13(10-23)11-25-20(17)28-19-9-18(26-15-6-7-15)16(12-24-19)21(29)27-14-4-2-1-3-5-14;1-2/h8-9,11-12,14-15H,1-7H2,(H,27,29)(H2,24,25,26,28);1-2H3. The lowest BCUT2D eigenvalue weighted by atomic mass is 9.95. The number of aromatic nitrogens is 2. The molecule has 2 aromatic heterocycles. The highest BCUT2D eigenvalue weighted by atomic mass is 19.1. The van der Waals surface area contributed by atoms with Gasteiger partial charge in [0.05, 0.1) is 16.8 Å². The topological polar surface area (TPSA) is 103 Å². The average Bonchev–Trinajstić information content (AvgIpc) is 3.61. The number of nitriles is 1. The molecular formula is C23H29FN6O. The number of nitrogens with one attached hydrogen (secondary N) is 3. The lowest BCUT2D eigenvalue weighted by Crippen LogP contribution is -2.36. The summed E-state index contributed by atoms with van der Waals surface area (Å²) in [7, 11) is 0. The van der Waals surface area contributed by atoms with Crippen molar-refractivity contribution in [3.05, 3.63) is 41.5 Å². The zero-order valence-electron chi connectivity index (χ0n) is 18.0. The SMILES string of the molecule is CC.N#Cc1cnc(Nc2cc(NC3CC3)c(C(=O)NC3CCCCC3)cn2)c(F)c1. The first-order valence-electron chi connectivity index (χ1n) is 11.0. The van der Waals surface area contributed by atoms with E-state index in [4.69, 9.17) is 5.26 Å². The van der Waals surface area contributed by atoms with E-state index in [0.29, 0.717) is 23.1 Å². The zero-order valence-corrected chi connectivity index (χ0v) is 18.0. The summed E-state index contributed by atoms with van der Waals surface area (Å²) >= 11 is 0. The molecule has 7 nitrogen and oxygen atoms in total. The quantitative estimate of drug-likeness (QED) is 0.610. The summed E-state index contributed by atoms with van der Waals surface area (Å²) < 4.78 is 14.1. The fourth-order valence-corrected chi connectivity index (χ4v) is 3.49. The Morgan fingerprint density at radius 3 is 2.45 bits per heavy atom. The highest BCUT2D eigenvalue weighted by Crippen LogP contribution is 2.29. The Labute approximate surface area is 182 Å². The summed E-state index contributed by atoms with van der Waals surface area (Å²) in [6, 6.07) is 5.22. The van der Waals surface area contributed by atoms with Crippen molar-refractivity contribution in [2.24, 2.45) is 0 Å². The zero-order chi connectivity index (χ0) is 22.2. The molecular weight excluding hydrogens is 395 g/mol. The smallest absolute Gasteiger partial charge is 0.255 e. The predicted octanol–water partition coefficient (Wildman–Crippen LogP) is 4.89. The van der Waals surface area contributed by atoms with Gasteiger partial charge in [-0.2, -0.15) is 5.26 Å². The van der Waals surface area contributed by atoms with Crippen LogP contribution in [-0.4, -0.2) is 28.0 Å². The third kappa shape index (κ3) is 6.14. The number of nitrogens with zero attached hydrogens (tertiary/aromatic N) is 3. The maximum atomic E-state index is 14.1. The normalized spacial score (nSPS) is 15.8. The van der Waals surface area contributed by atoms with Crippen LogP contribution in [0.2, 0.25) is 0 Å². The summed E-state index contributed by atoms with van der Waals surface area (Å²) in [5, 5.41) is 18.1. The van der Waals surface area contributed by atoms with E-state index in [-0.39, 0.29) is 23.3 Å². The Kier molecular flexibility index (Phi) is 7.76. The van der Waals surface area contributed by atoms with Gasteiger partial charge in [0.15, 0.2) is 11.6 Å². The number of hydrogen-bond donors (Lipinski definition) is 3. The molecule has 31 heavy (non-hydrogen) atoms. The summed E-state index contributed by atoms with van der Waals surface area (Å²) in [4.78, 5) is 21.0. The van der Waals surface area contributed by atoms with Gasteiger partial charge in [0.1, 0.15) is 11.9 Å². The molecule has 0 spiro atoms. The molecule has 0 aliphatic heterocycles. The van der Waals surface area contributed by atoms with E-state index in [1.54, 1.807) is 6.07 Å². The van der Waals surface area contributed by atoms with Gasteiger partial charge in [0, 0.05) is 30.5 Å². The van der Waals surface area contributed by atoms with Crippen LogP contribution in [0.3, 0.4) is 0 Å². The Balaban J connectivity index is 0.00000132. The minimum absolute atomic E-state index is 0.0201. The van der Waals surface area contributed by atoms with Crippen LogP contribution in [-0.2, 0) is 0 Å². The van der Waals surface area contributed by atoms with Crippen LogP contribution in [0.4, 0.5) is 21.7 Å².